The average molecular weight is 732 g/mol. The number of hydrogen-bond donors (Lipinski definition) is 5. The number of benzene rings is 3. The van der Waals surface area contributed by atoms with Crippen LogP contribution in [0.25, 0.3) is 0 Å². The fraction of sp³-hybridized carbons (Fsp3) is 0.436. The molecule has 2 aliphatic rings. The Morgan fingerprint density at radius 1 is 0.843 bits per heavy atom. The van der Waals surface area contributed by atoms with Gasteiger partial charge >= 0.3 is 12.1 Å². The van der Waals surface area contributed by atoms with Crippen LogP contribution >= 0.6 is 23.5 Å². The van der Waals surface area contributed by atoms with Crippen LogP contribution in [0.1, 0.15) is 63.1 Å². The first-order valence-electron chi connectivity index (χ1n) is 17.6. The molecule has 10 nitrogen and oxygen atoms in total. The fourth-order valence-corrected chi connectivity index (χ4v) is 9.59. The fourth-order valence-electron chi connectivity index (χ4n) is 6.48. The van der Waals surface area contributed by atoms with Crippen LogP contribution in [0.4, 0.5) is 9.59 Å². The van der Waals surface area contributed by atoms with E-state index in [1.165, 1.54) is 0 Å². The number of amides is 5. The Bertz CT molecular complexity index is 1510. The summed E-state index contributed by atoms with van der Waals surface area (Å²) in [6, 6.07) is 29.8. The second-order valence-corrected chi connectivity index (χ2v) is 16.3. The summed E-state index contributed by atoms with van der Waals surface area (Å²) in [5, 5.41) is 15.0. The monoisotopic (exact) mass is 731 g/mol. The number of hydrogen-bond acceptors (Lipinski definition) is 7. The molecule has 3 aromatic rings. The minimum absolute atomic E-state index is 0.0746. The third-order valence-electron chi connectivity index (χ3n) is 8.84. The summed E-state index contributed by atoms with van der Waals surface area (Å²) in [6.07, 6.45) is 2.30. The van der Waals surface area contributed by atoms with Crippen LogP contribution in [-0.4, -0.2) is 77.5 Å². The zero-order chi connectivity index (χ0) is 36.3. The third-order valence-corrected chi connectivity index (χ3v) is 12.0. The number of urea groups is 1. The molecule has 0 radical (unpaired) electrons. The summed E-state index contributed by atoms with van der Waals surface area (Å²) in [5.41, 5.74) is 2.38. The lowest BCUT2D eigenvalue weighted by atomic mass is 9.84. The molecular weight excluding hydrogens is 683 g/mol. The van der Waals surface area contributed by atoms with Gasteiger partial charge < -0.3 is 31.3 Å². The molecule has 272 valence electrons. The average Bonchev–Trinajstić information content (AvgIpc) is 3.67. The van der Waals surface area contributed by atoms with Gasteiger partial charge in [-0.2, -0.15) is 11.8 Å². The number of fused-ring (bicyclic) bond motifs is 1. The largest absolute Gasteiger partial charge is 0.444 e. The highest BCUT2D eigenvalue weighted by Crippen LogP contribution is 2.48. The molecular formula is C39H49N5O5S2. The van der Waals surface area contributed by atoms with E-state index in [0.717, 1.165) is 41.7 Å². The normalized spacial score (nSPS) is 18.9. The van der Waals surface area contributed by atoms with Gasteiger partial charge in [0.05, 0.1) is 16.8 Å². The van der Waals surface area contributed by atoms with Gasteiger partial charge in [0.1, 0.15) is 11.6 Å². The summed E-state index contributed by atoms with van der Waals surface area (Å²) < 4.78 is 4.86. The van der Waals surface area contributed by atoms with E-state index in [1.807, 2.05) is 66.4 Å². The number of nitrogens with one attached hydrogen (secondary N) is 5. The van der Waals surface area contributed by atoms with Crippen LogP contribution in [-0.2, 0) is 19.1 Å². The molecule has 2 fully saturated rings. The van der Waals surface area contributed by atoms with E-state index in [-0.39, 0.29) is 48.8 Å². The predicted molar refractivity (Wildman–Crippen MR) is 205 cm³/mol. The number of unbranched alkanes of at least 4 members (excludes halogenated alkanes) is 1. The molecule has 4 atom stereocenters. The van der Waals surface area contributed by atoms with E-state index in [0.29, 0.717) is 11.7 Å². The first kappa shape index (κ1) is 38.1. The summed E-state index contributed by atoms with van der Waals surface area (Å²) in [5.74, 6) is 0.707. The molecule has 0 spiro atoms. The van der Waals surface area contributed by atoms with Crippen molar-refractivity contribution in [3.05, 3.63) is 108 Å². The summed E-state index contributed by atoms with van der Waals surface area (Å²) >= 11 is 3.44. The number of thioether (sulfide) groups is 2. The molecule has 2 aliphatic heterocycles. The van der Waals surface area contributed by atoms with E-state index in [1.54, 1.807) is 32.5 Å². The number of carbonyl (C=O) groups excluding carboxylic acids is 4. The van der Waals surface area contributed by atoms with Gasteiger partial charge in [0.2, 0.25) is 11.8 Å². The maximum Gasteiger partial charge on any atom is 0.408 e. The van der Waals surface area contributed by atoms with Gasteiger partial charge in [0.25, 0.3) is 0 Å². The summed E-state index contributed by atoms with van der Waals surface area (Å²) in [6.45, 7) is 5.80. The predicted octanol–water partition coefficient (Wildman–Crippen LogP) is 5.56. The number of alkyl carbamates (subject to hydrolysis) is 1. The Balaban J connectivity index is 1.20. The minimum Gasteiger partial charge on any atom is -0.444 e. The Labute approximate surface area is 309 Å². The second-order valence-electron chi connectivity index (χ2n) is 13.8. The Morgan fingerprint density at radius 2 is 1.41 bits per heavy atom. The maximum atomic E-state index is 13.7. The molecule has 0 bridgehead atoms. The number of rotatable bonds is 16. The first-order valence-corrected chi connectivity index (χ1v) is 19.6. The van der Waals surface area contributed by atoms with Crippen LogP contribution in [0, 0.1) is 0 Å². The van der Waals surface area contributed by atoms with Gasteiger partial charge in [-0.3, -0.25) is 9.59 Å². The van der Waals surface area contributed by atoms with Crippen molar-refractivity contribution in [1.29, 1.82) is 0 Å². The van der Waals surface area contributed by atoms with Crippen molar-refractivity contribution in [2.75, 3.05) is 24.6 Å². The molecule has 3 aromatic carbocycles. The molecule has 0 aliphatic carbocycles. The van der Waals surface area contributed by atoms with Gasteiger partial charge in [-0.15, -0.1) is 11.8 Å². The molecule has 5 N–H and O–H groups in total. The zero-order valence-corrected chi connectivity index (χ0v) is 31.1. The highest BCUT2D eigenvalue weighted by Gasteiger charge is 2.42. The van der Waals surface area contributed by atoms with Crippen molar-refractivity contribution in [2.24, 2.45) is 0 Å². The van der Waals surface area contributed by atoms with Gasteiger partial charge in [0, 0.05) is 36.3 Å². The molecule has 0 aromatic heterocycles. The highest BCUT2D eigenvalue weighted by atomic mass is 32.2. The van der Waals surface area contributed by atoms with Gasteiger partial charge in [-0.05, 0) is 50.3 Å². The number of carbonyl (C=O) groups is 4. The van der Waals surface area contributed by atoms with E-state index in [4.69, 9.17) is 4.74 Å². The van der Waals surface area contributed by atoms with Crippen LogP contribution in [0.3, 0.4) is 0 Å². The van der Waals surface area contributed by atoms with Crippen molar-refractivity contribution in [1.82, 2.24) is 26.6 Å². The van der Waals surface area contributed by atoms with E-state index in [9.17, 15) is 19.2 Å². The lowest BCUT2D eigenvalue weighted by molar-refractivity contribution is -0.123. The number of ether oxygens (including phenoxy) is 1. The maximum absolute atomic E-state index is 13.7. The lowest BCUT2D eigenvalue weighted by Gasteiger charge is -2.36. The smallest absolute Gasteiger partial charge is 0.408 e. The van der Waals surface area contributed by atoms with Crippen molar-refractivity contribution < 1.29 is 23.9 Å². The van der Waals surface area contributed by atoms with Gasteiger partial charge in [0.15, 0.2) is 0 Å². The quantitative estimate of drug-likeness (QED) is 0.0739. The minimum atomic E-state index is -0.927. The molecule has 5 amide bonds. The highest BCUT2D eigenvalue weighted by molar-refractivity contribution is 8.00. The summed E-state index contributed by atoms with van der Waals surface area (Å²) in [4.78, 5) is 50.9. The molecule has 5 rings (SSSR count). The van der Waals surface area contributed by atoms with Crippen molar-refractivity contribution in [2.45, 2.75) is 80.2 Å². The molecule has 0 saturated carbocycles. The lowest BCUT2D eigenvalue weighted by Crippen LogP contribution is -2.51. The van der Waals surface area contributed by atoms with Crippen molar-refractivity contribution in [3.8, 4) is 0 Å². The van der Waals surface area contributed by atoms with Gasteiger partial charge in [-0.1, -0.05) is 97.4 Å². The Morgan fingerprint density at radius 3 is 1.98 bits per heavy atom. The van der Waals surface area contributed by atoms with Crippen LogP contribution < -0.4 is 26.6 Å². The first-order chi connectivity index (χ1) is 24.5. The standard InChI is InChI=1S/C39H49N5O5S2/c1-38(2,3)49-37(48)43-31(35(46)41-24-23-40-33(45)22-14-13-21-32-34-30(25-50-32)42-36(47)44-34)26-51-39(27-15-7-4-8-16-27,28-17-9-5-10-18-28)29-19-11-6-12-20-29/h4-12,15-20,30-32,34H,13-14,21-26H2,1-3H3,(H,40,45)(H,41,46)(H,43,48)(H2,42,44,47)/t30?,31-,32-,34?/m0/s1. The third kappa shape index (κ3) is 10.4. The SMILES string of the molecule is CC(C)(C)OC(=O)N[C@@H](CSC(c1ccccc1)(c1ccccc1)c1ccccc1)C(=O)NCCNC(=O)CCCC[C@@H]1SCC2NC(=O)NC21. The topological polar surface area (TPSA) is 138 Å². The second kappa shape index (κ2) is 17.9. The molecule has 2 saturated heterocycles. The van der Waals surface area contributed by atoms with Crippen molar-refractivity contribution in [3.63, 3.8) is 0 Å². The Hall–Kier alpha value is -4.16. The van der Waals surface area contributed by atoms with Gasteiger partial charge in [-0.25, -0.2) is 9.59 Å². The molecule has 2 heterocycles. The van der Waals surface area contributed by atoms with E-state index in [2.05, 4.69) is 63.0 Å². The molecule has 12 heteroatoms. The van der Waals surface area contributed by atoms with E-state index < -0.39 is 22.5 Å². The summed E-state index contributed by atoms with van der Waals surface area (Å²) in [7, 11) is 0. The van der Waals surface area contributed by atoms with Crippen LogP contribution in [0.5, 0.6) is 0 Å². The van der Waals surface area contributed by atoms with Crippen molar-refractivity contribution >= 4 is 47.5 Å². The zero-order valence-electron chi connectivity index (χ0n) is 29.5. The Kier molecular flexibility index (Phi) is 13.3. The molecule has 2 unspecified atom stereocenters. The van der Waals surface area contributed by atoms with E-state index >= 15 is 0 Å². The molecule has 51 heavy (non-hydrogen) atoms. The van der Waals surface area contributed by atoms with Crippen LogP contribution in [0.2, 0.25) is 0 Å². The van der Waals surface area contributed by atoms with Crippen LogP contribution in [0.15, 0.2) is 91.0 Å².